The predicted octanol–water partition coefficient (Wildman–Crippen LogP) is 6.13. The van der Waals surface area contributed by atoms with Gasteiger partial charge in [0.05, 0.1) is 10.6 Å². The number of anilines is 1. The maximum atomic E-state index is 14.2. The molecule has 0 heterocycles. The number of halogens is 1. The van der Waals surface area contributed by atoms with E-state index in [1.165, 1.54) is 9.21 Å². The first-order valence-electron chi connectivity index (χ1n) is 14.1. The van der Waals surface area contributed by atoms with Crippen molar-refractivity contribution in [2.45, 2.75) is 70.9 Å². The van der Waals surface area contributed by atoms with Crippen LogP contribution in [0.1, 0.15) is 56.7 Å². The van der Waals surface area contributed by atoms with Gasteiger partial charge in [0.15, 0.2) is 0 Å². The van der Waals surface area contributed by atoms with E-state index in [1.54, 1.807) is 60.7 Å². The molecule has 3 rings (SSSR count). The lowest BCUT2D eigenvalue weighted by molar-refractivity contribution is -0.140. The number of sulfonamides is 1. The summed E-state index contributed by atoms with van der Waals surface area (Å²) in [5.74, 6) is -0.732. The zero-order valence-electron chi connectivity index (χ0n) is 24.3. The number of carbonyl (C=O) groups is 2. The van der Waals surface area contributed by atoms with Crippen molar-refractivity contribution in [3.8, 4) is 0 Å². The lowest BCUT2D eigenvalue weighted by Crippen LogP contribution is -2.52. The zero-order chi connectivity index (χ0) is 30.0. The molecule has 220 valence electrons. The standard InChI is InChI=1S/C32H40ClN3O4S/c1-5-8-21-34-32(38)29(7-3)35(22-25-15-17-27(33)18-16-25)31(37)23-36(30-12-10-9-11-26(30)6-2)41(39,40)28-19-13-24(4)14-20-28/h9-20,29H,5-8,21-23H2,1-4H3,(H,34,38)/t29-/m1/s1. The molecule has 3 aromatic rings. The van der Waals surface area contributed by atoms with Gasteiger partial charge in [-0.3, -0.25) is 13.9 Å². The van der Waals surface area contributed by atoms with Crippen molar-refractivity contribution in [1.82, 2.24) is 10.2 Å². The highest BCUT2D eigenvalue weighted by molar-refractivity contribution is 7.92. The van der Waals surface area contributed by atoms with Gasteiger partial charge < -0.3 is 10.2 Å². The number of rotatable bonds is 14. The second-order valence-electron chi connectivity index (χ2n) is 10.0. The SMILES string of the molecule is CCCCNC(=O)[C@@H](CC)N(Cc1ccc(Cl)cc1)C(=O)CN(c1ccccc1CC)S(=O)(=O)c1ccc(C)cc1. The molecular weight excluding hydrogens is 558 g/mol. The second kappa shape index (κ2) is 15.0. The highest BCUT2D eigenvalue weighted by atomic mass is 35.5. The number of carbonyl (C=O) groups excluding carboxylic acids is 2. The predicted molar refractivity (Wildman–Crippen MR) is 166 cm³/mol. The molecule has 1 atom stereocenters. The van der Waals surface area contributed by atoms with Crippen molar-refractivity contribution < 1.29 is 18.0 Å². The third-order valence-corrected chi connectivity index (χ3v) is 9.04. The van der Waals surface area contributed by atoms with Crippen LogP contribution in [-0.4, -0.2) is 44.3 Å². The number of nitrogens with one attached hydrogen (secondary N) is 1. The van der Waals surface area contributed by atoms with Gasteiger partial charge >= 0.3 is 0 Å². The molecule has 0 fully saturated rings. The van der Waals surface area contributed by atoms with Gasteiger partial charge in [0.2, 0.25) is 11.8 Å². The Labute approximate surface area is 249 Å². The Hall–Kier alpha value is -3.36. The molecule has 0 saturated carbocycles. The van der Waals surface area contributed by atoms with Crippen molar-refractivity contribution in [3.63, 3.8) is 0 Å². The first-order chi connectivity index (χ1) is 19.6. The Balaban J connectivity index is 2.06. The number of nitrogens with zero attached hydrogens (tertiary/aromatic N) is 2. The molecule has 0 aliphatic heterocycles. The summed E-state index contributed by atoms with van der Waals surface area (Å²) in [6.07, 6.45) is 2.70. The number of benzene rings is 3. The molecule has 0 aromatic heterocycles. The molecule has 0 saturated heterocycles. The fraction of sp³-hybridized carbons (Fsp3) is 0.375. The monoisotopic (exact) mass is 597 g/mol. The van der Waals surface area contributed by atoms with Crippen LogP contribution < -0.4 is 9.62 Å². The second-order valence-corrected chi connectivity index (χ2v) is 12.3. The van der Waals surface area contributed by atoms with Gasteiger partial charge in [-0.2, -0.15) is 0 Å². The summed E-state index contributed by atoms with van der Waals surface area (Å²) in [6.45, 7) is 7.89. The third-order valence-electron chi connectivity index (χ3n) is 7.01. The normalized spacial score (nSPS) is 12.0. The van der Waals surface area contributed by atoms with Crippen LogP contribution >= 0.6 is 11.6 Å². The molecular formula is C32H40ClN3O4S. The summed E-state index contributed by atoms with van der Waals surface area (Å²) in [5.41, 5.74) is 2.94. The number of para-hydroxylation sites is 1. The third kappa shape index (κ3) is 8.33. The van der Waals surface area contributed by atoms with Crippen LogP contribution in [0.5, 0.6) is 0 Å². The van der Waals surface area contributed by atoms with Gasteiger partial charge in [-0.1, -0.05) is 86.8 Å². The van der Waals surface area contributed by atoms with Gasteiger partial charge in [0.25, 0.3) is 10.0 Å². The number of amides is 2. The minimum atomic E-state index is -4.11. The topological polar surface area (TPSA) is 86.8 Å². The maximum absolute atomic E-state index is 14.2. The van der Waals surface area contributed by atoms with E-state index in [0.717, 1.165) is 29.5 Å². The average Bonchev–Trinajstić information content (AvgIpc) is 2.97. The van der Waals surface area contributed by atoms with Crippen LogP contribution in [0.25, 0.3) is 0 Å². The van der Waals surface area contributed by atoms with Crippen LogP contribution in [0.15, 0.2) is 77.7 Å². The highest BCUT2D eigenvalue weighted by Gasteiger charge is 2.34. The van der Waals surface area contributed by atoms with Gasteiger partial charge in [0, 0.05) is 18.1 Å². The largest absolute Gasteiger partial charge is 0.354 e. The quantitative estimate of drug-likeness (QED) is 0.227. The summed E-state index contributed by atoms with van der Waals surface area (Å²) in [5, 5.41) is 3.50. The van der Waals surface area contributed by atoms with Gasteiger partial charge in [-0.15, -0.1) is 0 Å². The molecule has 3 aromatic carbocycles. The van der Waals surface area contributed by atoms with Gasteiger partial charge in [-0.25, -0.2) is 8.42 Å². The van der Waals surface area contributed by atoms with E-state index in [-0.39, 0.29) is 17.3 Å². The van der Waals surface area contributed by atoms with E-state index in [2.05, 4.69) is 5.32 Å². The Kier molecular flexibility index (Phi) is 11.8. The number of hydrogen-bond acceptors (Lipinski definition) is 4. The summed E-state index contributed by atoms with van der Waals surface area (Å²) < 4.78 is 29.3. The van der Waals surface area contributed by atoms with Crippen LogP contribution in [0.3, 0.4) is 0 Å². The van der Waals surface area contributed by atoms with Gasteiger partial charge in [0.1, 0.15) is 12.6 Å². The van der Waals surface area contributed by atoms with E-state index >= 15 is 0 Å². The smallest absolute Gasteiger partial charge is 0.264 e. The summed E-state index contributed by atoms with van der Waals surface area (Å²) in [4.78, 5) is 29.0. The summed E-state index contributed by atoms with van der Waals surface area (Å²) in [7, 11) is -4.11. The first kappa shape index (κ1) is 32.2. The Morgan fingerprint density at radius 1 is 0.927 bits per heavy atom. The lowest BCUT2D eigenvalue weighted by Gasteiger charge is -2.33. The number of unbranched alkanes of at least 4 members (excludes halogenated alkanes) is 1. The van der Waals surface area contributed by atoms with E-state index in [9.17, 15) is 18.0 Å². The van der Waals surface area contributed by atoms with Crippen molar-refractivity contribution in [2.75, 3.05) is 17.4 Å². The van der Waals surface area contributed by atoms with E-state index < -0.39 is 28.5 Å². The minimum Gasteiger partial charge on any atom is -0.354 e. The molecule has 0 aliphatic rings. The lowest BCUT2D eigenvalue weighted by atomic mass is 10.1. The van der Waals surface area contributed by atoms with Crippen molar-refractivity contribution in [3.05, 3.63) is 94.5 Å². The summed E-state index contributed by atoms with van der Waals surface area (Å²) in [6, 6.07) is 20.1. The van der Waals surface area contributed by atoms with E-state index in [1.807, 2.05) is 39.8 Å². The highest BCUT2D eigenvalue weighted by Crippen LogP contribution is 2.28. The molecule has 0 radical (unpaired) electrons. The fourth-order valence-corrected chi connectivity index (χ4v) is 6.19. The molecule has 9 heteroatoms. The molecule has 0 bridgehead atoms. The van der Waals surface area contributed by atoms with E-state index in [4.69, 9.17) is 11.6 Å². The average molecular weight is 598 g/mol. The van der Waals surface area contributed by atoms with Crippen molar-refractivity contribution in [1.29, 1.82) is 0 Å². The Morgan fingerprint density at radius 3 is 2.20 bits per heavy atom. The summed E-state index contributed by atoms with van der Waals surface area (Å²) >= 11 is 6.09. The number of aryl methyl sites for hydroxylation is 2. The van der Waals surface area contributed by atoms with Crippen LogP contribution in [0.2, 0.25) is 5.02 Å². The number of hydrogen-bond donors (Lipinski definition) is 1. The fourth-order valence-electron chi connectivity index (χ4n) is 4.62. The molecule has 1 N–H and O–H groups in total. The Morgan fingerprint density at radius 2 is 1.59 bits per heavy atom. The molecule has 0 unspecified atom stereocenters. The maximum Gasteiger partial charge on any atom is 0.264 e. The zero-order valence-corrected chi connectivity index (χ0v) is 25.8. The first-order valence-corrected chi connectivity index (χ1v) is 15.9. The molecule has 7 nitrogen and oxygen atoms in total. The van der Waals surface area contributed by atoms with Crippen LogP contribution in [-0.2, 0) is 32.6 Å². The van der Waals surface area contributed by atoms with Crippen LogP contribution in [0, 0.1) is 6.92 Å². The molecule has 0 aliphatic carbocycles. The minimum absolute atomic E-state index is 0.0930. The van der Waals surface area contributed by atoms with Crippen molar-refractivity contribution in [2.24, 2.45) is 0 Å². The molecule has 2 amide bonds. The molecule has 41 heavy (non-hydrogen) atoms. The Bertz CT molecular complexity index is 1410. The van der Waals surface area contributed by atoms with E-state index in [0.29, 0.717) is 30.1 Å². The van der Waals surface area contributed by atoms with Gasteiger partial charge in [-0.05, 0) is 67.6 Å². The van der Waals surface area contributed by atoms with Crippen LogP contribution in [0.4, 0.5) is 5.69 Å². The molecule has 0 spiro atoms. The van der Waals surface area contributed by atoms with Crippen molar-refractivity contribution >= 4 is 39.1 Å².